The molecule has 1 saturated carbocycles. The standard InChI is InChI=1S/C15H21N3O4/c19-10-9-16-5-7-17(8-6-16)12-1-4-15(22-13-2-3-13)14(11-12)18(20)21/h1,4,11,13,19H,2-3,5-10H2. The van der Waals surface area contributed by atoms with Crippen LogP contribution in [0.15, 0.2) is 18.2 Å². The number of aliphatic hydroxyl groups excluding tert-OH is 1. The molecule has 2 fully saturated rings. The van der Waals surface area contributed by atoms with Gasteiger partial charge < -0.3 is 14.7 Å². The fourth-order valence-corrected chi connectivity index (χ4v) is 2.68. The molecule has 1 aliphatic heterocycles. The topological polar surface area (TPSA) is 79.1 Å². The molecule has 1 N–H and O–H groups in total. The maximum absolute atomic E-state index is 11.3. The summed E-state index contributed by atoms with van der Waals surface area (Å²) in [5.41, 5.74) is 0.903. The highest BCUT2D eigenvalue weighted by atomic mass is 16.6. The van der Waals surface area contributed by atoms with Gasteiger partial charge in [0.2, 0.25) is 0 Å². The van der Waals surface area contributed by atoms with Gasteiger partial charge in [-0.2, -0.15) is 0 Å². The third-order valence-corrected chi connectivity index (χ3v) is 4.11. The van der Waals surface area contributed by atoms with Crippen LogP contribution in [0.4, 0.5) is 11.4 Å². The Hall–Kier alpha value is -1.86. The Labute approximate surface area is 129 Å². The van der Waals surface area contributed by atoms with Crippen LogP contribution >= 0.6 is 0 Å². The van der Waals surface area contributed by atoms with E-state index in [1.54, 1.807) is 12.1 Å². The lowest BCUT2D eigenvalue weighted by Gasteiger charge is -2.35. The summed E-state index contributed by atoms with van der Waals surface area (Å²) in [6.45, 7) is 4.17. The normalized spacial score (nSPS) is 19.2. The van der Waals surface area contributed by atoms with E-state index in [0.717, 1.165) is 44.7 Å². The summed E-state index contributed by atoms with van der Waals surface area (Å²) >= 11 is 0. The van der Waals surface area contributed by atoms with E-state index in [2.05, 4.69) is 9.80 Å². The molecule has 7 heteroatoms. The van der Waals surface area contributed by atoms with Crippen molar-refractivity contribution in [1.82, 2.24) is 4.90 Å². The number of benzene rings is 1. The molecule has 0 unspecified atom stereocenters. The molecule has 0 amide bonds. The van der Waals surface area contributed by atoms with Crippen LogP contribution in [0.5, 0.6) is 5.75 Å². The van der Waals surface area contributed by atoms with Crippen LogP contribution < -0.4 is 9.64 Å². The Morgan fingerprint density at radius 2 is 2.00 bits per heavy atom. The average molecular weight is 307 g/mol. The number of piperazine rings is 1. The Kier molecular flexibility index (Phi) is 4.44. The molecule has 1 aliphatic carbocycles. The number of nitro groups is 1. The van der Waals surface area contributed by atoms with E-state index < -0.39 is 0 Å². The molecule has 7 nitrogen and oxygen atoms in total. The first-order valence-corrected chi connectivity index (χ1v) is 7.70. The van der Waals surface area contributed by atoms with E-state index in [-0.39, 0.29) is 23.3 Å². The summed E-state index contributed by atoms with van der Waals surface area (Å²) in [6.07, 6.45) is 2.10. The molecule has 2 aliphatic rings. The second-order valence-electron chi connectivity index (χ2n) is 5.78. The van der Waals surface area contributed by atoms with Crippen molar-refractivity contribution in [2.75, 3.05) is 44.2 Å². The Morgan fingerprint density at radius 3 is 2.59 bits per heavy atom. The third kappa shape index (κ3) is 3.48. The molecule has 1 heterocycles. The first kappa shape index (κ1) is 15.1. The molecule has 120 valence electrons. The van der Waals surface area contributed by atoms with Crippen molar-refractivity contribution in [1.29, 1.82) is 0 Å². The van der Waals surface area contributed by atoms with Crippen LogP contribution in [0, 0.1) is 10.1 Å². The highest BCUT2D eigenvalue weighted by Crippen LogP contribution is 2.36. The van der Waals surface area contributed by atoms with E-state index in [1.165, 1.54) is 0 Å². The number of hydrogen-bond acceptors (Lipinski definition) is 6. The first-order chi connectivity index (χ1) is 10.7. The molecule has 3 rings (SSSR count). The molecule has 0 bridgehead atoms. The van der Waals surface area contributed by atoms with Crippen LogP contribution in [0.2, 0.25) is 0 Å². The van der Waals surface area contributed by atoms with Crippen LogP contribution in [0.25, 0.3) is 0 Å². The number of hydrogen-bond donors (Lipinski definition) is 1. The summed E-state index contributed by atoms with van der Waals surface area (Å²) in [5.74, 6) is 0.371. The fraction of sp³-hybridized carbons (Fsp3) is 0.600. The molecule has 1 saturated heterocycles. The van der Waals surface area contributed by atoms with Gasteiger partial charge in [-0.3, -0.25) is 15.0 Å². The van der Waals surface area contributed by atoms with Gasteiger partial charge in [0, 0.05) is 44.5 Å². The van der Waals surface area contributed by atoms with Gasteiger partial charge in [-0.25, -0.2) is 0 Å². The summed E-state index contributed by atoms with van der Waals surface area (Å²) in [5, 5.41) is 20.2. The lowest BCUT2D eigenvalue weighted by atomic mass is 10.2. The third-order valence-electron chi connectivity index (χ3n) is 4.11. The molecular weight excluding hydrogens is 286 g/mol. The second kappa shape index (κ2) is 6.50. The maximum atomic E-state index is 11.3. The number of nitro benzene ring substituents is 1. The van der Waals surface area contributed by atoms with Gasteiger partial charge in [-0.15, -0.1) is 0 Å². The van der Waals surface area contributed by atoms with E-state index in [1.807, 2.05) is 6.07 Å². The largest absolute Gasteiger partial charge is 0.483 e. The molecule has 0 aromatic heterocycles. The zero-order chi connectivity index (χ0) is 15.5. The van der Waals surface area contributed by atoms with E-state index in [9.17, 15) is 10.1 Å². The molecular formula is C15H21N3O4. The molecule has 1 aromatic carbocycles. The number of nitrogens with zero attached hydrogens (tertiary/aromatic N) is 3. The molecule has 0 radical (unpaired) electrons. The van der Waals surface area contributed by atoms with E-state index in [4.69, 9.17) is 9.84 Å². The number of anilines is 1. The monoisotopic (exact) mass is 307 g/mol. The summed E-state index contributed by atoms with van der Waals surface area (Å²) in [4.78, 5) is 15.2. The minimum absolute atomic E-state index is 0.0437. The van der Waals surface area contributed by atoms with Crippen molar-refractivity contribution in [2.24, 2.45) is 0 Å². The molecule has 0 spiro atoms. The highest BCUT2D eigenvalue weighted by Gasteiger charge is 2.28. The van der Waals surface area contributed by atoms with Gasteiger partial charge >= 0.3 is 5.69 Å². The predicted molar refractivity (Wildman–Crippen MR) is 82.5 cm³/mol. The fourth-order valence-electron chi connectivity index (χ4n) is 2.68. The summed E-state index contributed by atoms with van der Waals surface area (Å²) < 4.78 is 5.61. The summed E-state index contributed by atoms with van der Waals surface area (Å²) in [6, 6.07) is 5.22. The number of aliphatic hydroxyl groups is 1. The van der Waals surface area contributed by atoms with Crippen molar-refractivity contribution in [2.45, 2.75) is 18.9 Å². The van der Waals surface area contributed by atoms with Crippen molar-refractivity contribution in [3.05, 3.63) is 28.3 Å². The summed E-state index contributed by atoms with van der Waals surface area (Å²) in [7, 11) is 0. The lowest BCUT2D eigenvalue weighted by Crippen LogP contribution is -2.47. The van der Waals surface area contributed by atoms with Crippen molar-refractivity contribution >= 4 is 11.4 Å². The zero-order valence-electron chi connectivity index (χ0n) is 12.5. The quantitative estimate of drug-likeness (QED) is 0.629. The van der Waals surface area contributed by atoms with Crippen LogP contribution in [0.1, 0.15) is 12.8 Å². The van der Waals surface area contributed by atoms with Crippen LogP contribution in [-0.2, 0) is 0 Å². The van der Waals surface area contributed by atoms with Gasteiger partial charge in [0.15, 0.2) is 5.75 Å². The minimum Gasteiger partial charge on any atom is -0.483 e. The number of β-amino-alcohol motifs (C(OH)–C–C–N with tert-alkyl or cyclic N) is 1. The smallest absolute Gasteiger partial charge is 0.312 e. The maximum Gasteiger partial charge on any atom is 0.312 e. The average Bonchev–Trinajstić information content (AvgIpc) is 3.33. The SMILES string of the molecule is O=[N+]([O-])c1cc(N2CCN(CCO)CC2)ccc1OC1CC1. The van der Waals surface area contributed by atoms with Crippen molar-refractivity contribution in [3.8, 4) is 5.75 Å². The van der Waals surface area contributed by atoms with Crippen molar-refractivity contribution < 1.29 is 14.8 Å². The van der Waals surface area contributed by atoms with Gasteiger partial charge in [0.1, 0.15) is 0 Å². The Morgan fingerprint density at radius 1 is 1.27 bits per heavy atom. The predicted octanol–water partition coefficient (Wildman–Crippen LogP) is 1.25. The van der Waals surface area contributed by atoms with Gasteiger partial charge in [-0.05, 0) is 25.0 Å². The van der Waals surface area contributed by atoms with Crippen LogP contribution in [-0.4, -0.2) is 60.4 Å². The molecule has 22 heavy (non-hydrogen) atoms. The minimum atomic E-state index is -0.372. The number of rotatable bonds is 6. The lowest BCUT2D eigenvalue weighted by molar-refractivity contribution is -0.385. The molecule has 1 aromatic rings. The van der Waals surface area contributed by atoms with Crippen molar-refractivity contribution in [3.63, 3.8) is 0 Å². The first-order valence-electron chi connectivity index (χ1n) is 7.70. The van der Waals surface area contributed by atoms with Gasteiger partial charge in [-0.1, -0.05) is 0 Å². The highest BCUT2D eigenvalue weighted by molar-refractivity contribution is 5.60. The van der Waals surface area contributed by atoms with Crippen LogP contribution in [0.3, 0.4) is 0 Å². The molecule has 0 atom stereocenters. The van der Waals surface area contributed by atoms with E-state index in [0.29, 0.717) is 12.3 Å². The number of ether oxygens (including phenoxy) is 1. The van der Waals surface area contributed by atoms with Gasteiger partial charge in [0.25, 0.3) is 0 Å². The van der Waals surface area contributed by atoms with Gasteiger partial charge in [0.05, 0.1) is 17.6 Å². The zero-order valence-corrected chi connectivity index (χ0v) is 12.5. The Bertz CT molecular complexity index is 540. The van der Waals surface area contributed by atoms with E-state index >= 15 is 0 Å². The Balaban J connectivity index is 1.71. The second-order valence-corrected chi connectivity index (χ2v) is 5.78.